The molecule has 0 aromatic carbocycles. The van der Waals surface area contributed by atoms with Gasteiger partial charge in [-0.2, -0.15) is 0 Å². The highest BCUT2D eigenvalue weighted by Gasteiger charge is 2.35. The average Bonchev–Trinajstić information content (AvgIpc) is 3.20. The quantitative estimate of drug-likeness (QED) is 0.868. The third-order valence-corrected chi connectivity index (χ3v) is 4.19. The van der Waals surface area contributed by atoms with Crippen LogP contribution in [0, 0.1) is 0 Å². The van der Waals surface area contributed by atoms with E-state index in [9.17, 15) is 4.79 Å². The van der Waals surface area contributed by atoms with Crippen LogP contribution in [0.4, 0.5) is 5.69 Å². The lowest BCUT2D eigenvalue weighted by atomic mass is 10.2. The largest absolute Gasteiger partial charge is 0.396 e. The summed E-state index contributed by atoms with van der Waals surface area (Å²) in [6, 6.07) is 0.957. The summed E-state index contributed by atoms with van der Waals surface area (Å²) in [4.78, 5) is 23.3. The van der Waals surface area contributed by atoms with Crippen LogP contribution < -0.4 is 11.1 Å². The molecule has 1 aliphatic carbocycles. The van der Waals surface area contributed by atoms with Crippen LogP contribution in [0.15, 0.2) is 6.20 Å². The summed E-state index contributed by atoms with van der Waals surface area (Å²) in [5.74, 6) is 0.647. The van der Waals surface area contributed by atoms with E-state index in [0.29, 0.717) is 17.2 Å². The Bertz CT molecular complexity index is 541. The van der Waals surface area contributed by atoms with E-state index >= 15 is 0 Å². The molecule has 1 saturated heterocycles. The molecule has 2 fully saturated rings. The van der Waals surface area contributed by atoms with E-state index in [1.54, 1.807) is 0 Å². The fourth-order valence-corrected chi connectivity index (χ4v) is 2.80. The molecular weight excluding hydrogens is 266 g/mol. The smallest absolute Gasteiger partial charge is 0.272 e. The molecule has 1 unspecified atom stereocenters. The molecule has 2 aliphatic rings. The maximum absolute atomic E-state index is 12.4. The summed E-state index contributed by atoms with van der Waals surface area (Å²) in [7, 11) is 0. The van der Waals surface area contributed by atoms with Crippen molar-refractivity contribution >= 4 is 11.6 Å². The lowest BCUT2D eigenvalue weighted by Gasteiger charge is -2.16. The van der Waals surface area contributed by atoms with E-state index in [1.165, 1.54) is 19.0 Å². The van der Waals surface area contributed by atoms with Gasteiger partial charge in [0.2, 0.25) is 0 Å². The summed E-state index contributed by atoms with van der Waals surface area (Å²) in [6.45, 7) is 6.01. The van der Waals surface area contributed by atoms with Gasteiger partial charge >= 0.3 is 0 Å². The van der Waals surface area contributed by atoms with Crippen molar-refractivity contribution in [2.75, 3.05) is 18.8 Å². The van der Waals surface area contributed by atoms with Crippen molar-refractivity contribution in [1.29, 1.82) is 0 Å². The van der Waals surface area contributed by atoms with Gasteiger partial charge in [0.25, 0.3) is 5.91 Å². The van der Waals surface area contributed by atoms with Crippen molar-refractivity contribution in [2.45, 2.75) is 51.1 Å². The fourth-order valence-electron chi connectivity index (χ4n) is 2.80. The van der Waals surface area contributed by atoms with Gasteiger partial charge in [0.1, 0.15) is 5.82 Å². The van der Waals surface area contributed by atoms with Gasteiger partial charge in [-0.1, -0.05) is 13.8 Å². The summed E-state index contributed by atoms with van der Waals surface area (Å²) in [5.41, 5.74) is 6.50. The maximum Gasteiger partial charge on any atom is 0.272 e. The first-order chi connectivity index (χ1) is 10.0. The third kappa shape index (κ3) is 3.15. The van der Waals surface area contributed by atoms with Crippen molar-refractivity contribution in [3.63, 3.8) is 0 Å². The van der Waals surface area contributed by atoms with Gasteiger partial charge < -0.3 is 11.1 Å². The van der Waals surface area contributed by atoms with Crippen LogP contribution in [-0.4, -0.2) is 45.9 Å². The molecule has 6 nitrogen and oxygen atoms in total. The highest BCUT2D eigenvalue weighted by molar-refractivity contribution is 5.97. The number of carbonyl (C=O) groups is 1. The third-order valence-electron chi connectivity index (χ3n) is 4.19. The van der Waals surface area contributed by atoms with Crippen LogP contribution in [0.2, 0.25) is 0 Å². The summed E-state index contributed by atoms with van der Waals surface area (Å²) in [6.07, 6.45) is 5.14. The number of carbonyl (C=O) groups excluding carboxylic acids is 1. The fraction of sp³-hybridized carbons (Fsp3) is 0.667. The molecule has 1 atom stereocenters. The molecule has 0 radical (unpaired) electrons. The second-order valence-corrected chi connectivity index (χ2v) is 6.37. The first-order valence-electron chi connectivity index (χ1n) is 7.72. The lowest BCUT2D eigenvalue weighted by Crippen LogP contribution is -2.38. The minimum Gasteiger partial charge on any atom is -0.396 e. The molecule has 114 valence electrons. The molecule has 6 heteroatoms. The van der Waals surface area contributed by atoms with Gasteiger partial charge in [0, 0.05) is 31.1 Å². The zero-order valence-corrected chi connectivity index (χ0v) is 12.7. The lowest BCUT2D eigenvalue weighted by molar-refractivity contribution is 0.0933. The van der Waals surface area contributed by atoms with Gasteiger partial charge in [-0.25, -0.2) is 9.97 Å². The van der Waals surface area contributed by atoms with Gasteiger partial charge in [0.15, 0.2) is 5.69 Å². The van der Waals surface area contributed by atoms with Crippen molar-refractivity contribution < 1.29 is 4.79 Å². The molecule has 0 spiro atoms. The van der Waals surface area contributed by atoms with E-state index in [-0.39, 0.29) is 17.9 Å². The molecular formula is C15H23N5O. The topological polar surface area (TPSA) is 84.1 Å². The Morgan fingerprint density at radius 2 is 2.19 bits per heavy atom. The molecule has 3 N–H and O–H groups in total. The Morgan fingerprint density at radius 1 is 1.43 bits per heavy atom. The Labute approximate surface area is 125 Å². The molecule has 1 aromatic heterocycles. The first kappa shape index (κ1) is 14.3. The number of hydrogen-bond acceptors (Lipinski definition) is 5. The second-order valence-electron chi connectivity index (χ2n) is 6.37. The van der Waals surface area contributed by atoms with Gasteiger partial charge in [0.05, 0.1) is 11.9 Å². The predicted octanol–water partition coefficient (Wildman–Crippen LogP) is 1.15. The standard InChI is InChI=1S/C15H23N5O/c1-9(2)14-17-7-12(16)13(19-14)15(21)18-10-5-6-20(8-10)11-3-4-11/h7,9-11H,3-6,8,16H2,1-2H3,(H,18,21). The first-order valence-corrected chi connectivity index (χ1v) is 7.72. The van der Waals surface area contributed by atoms with Crippen LogP contribution in [0.3, 0.4) is 0 Å². The molecule has 0 bridgehead atoms. The molecule has 1 aromatic rings. The van der Waals surface area contributed by atoms with Crippen LogP contribution in [0.25, 0.3) is 0 Å². The van der Waals surface area contributed by atoms with Crippen LogP contribution >= 0.6 is 0 Å². The highest BCUT2D eigenvalue weighted by Crippen LogP contribution is 2.29. The number of aromatic nitrogens is 2. The number of anilines is 1. The Balaban J connectivity index is 1.66. The number of nitrogens with two attached hydrogens (primary N) is 1. The van der Waals surface area contributed by atoms with E-state index in [4.69, 9.17) is 5.73 Å². The molecule has 1 saturated carbocycles. The number of nitrogens with one attached hydrogen (secondary N) is 1. The SMILES string of the molecule is CC(C)c1ncc(N)c(C(=O)NC2CCN(C3CC3)C2)n1. The average molecular weight is 289 g/mol. The number of likely N-dealkylation sites (tertiary alicyclic amines) is 1. The maximum atomic E-state index is 12.4. The zero-order valence-electron chi connectivity index (χ0n) is 12.7. The molecule has 1 aliphatic heterocycles. The van der Waals surface area contributed by atoms with Crippen LogP contribution in [0.1, 0.15) is 55.3 Å². The van der Waals surface area contributed by atoms with E-state index in [1.807, 2.05) is 13.8 Å². The van der Waals surface area contributed by atoms with Crippen molar-refractivity contribution in [3.05, 3.63) is 17.7 Å². The van der Waals surface area contributed by atoms with Gasteiger partial charge in [-0.3, -0.25) is 9.69 Å². The number of amides is 1. The Kier molecular flexibility index (Phi) is 3.80. The van der Waals surface area contributed by atoms with E-state index in [2.05, 4.69) is 20.2 Å². The van der Waals surface area contributed by atoms with E-state index < -0.39 is 0 Å². The molecule has 2 heterocycles. The summed E-state index contributed by atoms with van der Waals surface area (Å²) < 4.78 is 0. The summed E-state index contributed by atoms with van der Waals surface area (Å²) >= 11 is 0. The minimum absolute atomic E-state index is 0.175. The number of nitrogens with zero attached hydrogens (tertiary/aromatic N) is 3. The van der Waals surface area contributed by atoms with Crippen molar-refractivity contribution in [2.24, 2.45) is 0 Å². The van der Waals surface area contributed by atoms with Crippen molar-refractivity contribution in [3.8, 4) is 0 Å². The highest BCUT2D eigenvalue weighted by atomic mass is 16.2. The molecule has 3 rings (SSSR count). The molecule has 1 amide bonds. The van der Waals surface area contributed by atoms with Gasteiger partial charge in [-0.05, 0) is 19.3 Å². The number of rotatable bonds is 4. The van der Waals surface area contributed by atoms with Gasteiger partial charge in [-0.15, -0.1) is 0 Å². The number of nitrogen functional groups attached to an aromatic ring is 1. The normalized spacial score (nSPS) is 22.7. The van der Waals surface area contributed by atoms with Crippen LogP contribution in [-0.2, 0) is 0 Å². The van der Waals surface area contributed by atoms with Crippen LogP contribution in [0.5, 0.6) is 0 Å². The molecule has 21 heavy (non-hydrogen) atoms. The zero-order chi connectivity index (χ0) is 15.0. The predicted molar refractivity (Wildman–Crippen MR) is 81.0 cm³/mol. The Hall–Kier alpha value is -1.69. The number of hydrogen-bond donors (Lipinski definition) is 2. The summed E-state index contributed by atoms with van der Waals surface area (Å²) in [5, 5.41) is 3.06. The Morgan fingerprint density at radius 3 is 2.86 bits per heavy atom. The minimum atomic E-state index is -0.181. The second kappa shape index (κ2) is 5.60. The monoisotopic (exact) mass is 289 g/mol. The van der Waals surface area contributed by atoms with E-state index in [0.717, 1.165) is 25.6 Å². The van der Waals surface area contributed by atoms with Crippen molar-refractivity contribution in [1.82, 2.24) is 20.2 Å².